The van der Waals surface area contributed by atoms with Gasteiger partial charge < -0.3 is 15.0 Å². The van der Waals surface area contributed by atoms with E-state index in [9.17, 15) is 4.79 Å². The van der Waals surface area contributed by atoms with E-state index in [4.69, 9.17) is 4.74 Å². The molecule has 0 aromatic carbocycles. The van der Waals surface area contributed by atoms with Crippen LogP contribution in [-0.4, -0.2) is 48.7 Å². The Balaban J connectivity index is 1.77. The van der Waals surface area contributed by atoms with Crippen LogP contribution in [0.25, 0.3) is 0 Å². The number of carbonyl (C=O) groups is 1. The Hall–Kier alpha value is -0.610. The van der Waals surface area contributed by atoms with Crippen LogP contribution >= 0.6 is 0 Å². The van der Waals surface area contributed by atoms with Crippen molar-refractivity contribution in [1.29, 1.82) is 0 Å². The predicted octanol–water partition coefficient (Wildman–Crippen LogP) is 0.622. The van der Waals surface area contributed by atoms with Crippen molar-refractivity contribution in [2.45, 2.75) is 38.3 Å². The number of hydrogen-bond donors (Lipinski definition) is 1. The Morgan fingerprint density at radius 2 is 2.24 bits per heavy atom. The highest BCUT2D eigenvalue weighted by Crippen LogP contribution is 2.41. The summed E-state index contributed by atoms with van der Waals surface area (Å²) in [5.41, 5.74) is -0.0167. The van der Waals surface area contributed by atoms with Crippen molar-refractivity contribution in [2.75, 3.05) is 26.2 Å². The highest BCUT2D eigenvalue weighted by Gasteiger charge is 2.52. The molecule has 3 atom stereocenters. The smallest absolute Gasteiger partial charge is 0.252 e. The molecule has 0 saturated carbocycles. The maximum Gasteiger partial charge on any atom is 0.252 e. The van der Waals surface area contributed by atoms with Gasteiger partial charge in [0.2, 0.25) is 0 Å². The van der Waals surface area contributed by atoms with Gasteiger partial charge in [-0.15, -0.1) is 0 Å². The van der Waals surface area contributed by atoms with Gasteiger partial charge in [-0.25, -0.2) is 0 Å². The van der Waals surface area contributed by atoms with E-state index in [-0.39, 0.29) is 17.6 Å². The van der Waals surface area contributed by atoms with Crippen LogP contribution in [0.15, 0.2) is 0 Å². The van der Waals surface area contributed by atoms with E-state index in [0.29, 0.717) is 11.8 Å². The maximum absolute atomic E-state index is 12.5. The lowest BCUT2D eigenvalue weighted by Gasteiger charge is -2.36. The minimum atomic E-state index is -0.166. The van der Waals surface area contributed by atoms with E-state index in [1.807, 2.05) is 0 Å². The zero-order valence-electron chi connectivity index (χ0n) is 10.7. The molecular formula is C13H22N2O2. The summed E-state index contributed by atoms with van der Waals surface area (Å²) in [7, 11) is 0. The summed E-state index contributed by atoms with van der Waals surface area (Å²) < 4.78 is 5.54. The minimum absolute atomic E-state index is 0.0167. The van der Waals surface area contributed by atoms with Gasteiger partial charge in [-0.2, -0.15) is 0 Å². The van der Waals surface area contributed by atoms with Crippen LogP contribution in [0.4, 0.5) is 0 Å². The highest BCUT2D eigenvalue weighted by molar-refractivity contribution is 5.82. The molecule has 0 aromatic rings. The van der Waals surface area contributed by atoms with Gasteiger partial charge in [-0.05, 0) is 38.5 Å². The average molecular weight is 238 g/mol. The van der Waals surface area contributed by atoms with E-state index >= 15 is 0 Å². The van der Waals surface area contributed by atoms with Gasteiger partial charge in [0.25, 0.3) is 5.91 Å². The molecule has 3 aliphatic heterocycles. The van der Waals surface area contributed by atoms with E-state index in [1.165, 1.54) is 0 Å². The molecule has 3 heterocycles. The molecule has 3 aliphatic rings. The fourth-order valence-corrected chi connectivity index (χ4v) is 3.74. The first-order chi connectivity index (χ1) is 8.10. The molecule has 3 saturated heterocycles. The molecule has 0 aromatic heterocycles. The van der Waals surface area contributed by atoms with Crippen LogP contribution in [0, 0.1) is 11.8 Å². The third-order valence-corrected chi connectivity index (χ3v) is 4.83. The molecule has 3 fully saturated rings. The second-order valence-electron chi connectivity index (χ2n) is 6.13. The normalized spacial score (nSPS) is 39.6. The quantitative estimate of drug-likeness (QED) is 0.728. The lowest BCUT2D eigenvalue weighted by atomic mass is 9.84. The molecule has 4 nitrogen and oxygen atoms in total. The first kappa shape index (κ1) is 11.5. The number of fused-ring (bicyclic) bond motifs is 1. The molecule has 3 unspecified atom stereocenters. The topological polar surface area (TPSA) is 41.6 Å². The largest absolute Gasteiger partial charge is 0.368 e. The van der Waals surface area contributed by atoms with Crippen molar-refractivity contribution in [3.63, 3.8) is 0 Å². The van der Waals surface area contributed by atoms with Crippen LogP contribution in [0.3, 0.4) is 0 Å². The number of likely N-dealkylation sites (tertiary alicyclic amines) is 1. The molecule has 96 valence electrons. The number of rotatable bonds is 1. The molecule has 0 bridgehead atoms. The van der Waals surface area contributed by atoms with E-state index in [0.717, 1.165) is 39.1 Å². The molecule has 3 rings (SSSR count). The number of hydrogen-bond acceptors (Lipinski definition) is 3. The fraction of sp³-hybridized carbons (Fsp3) is 0.923. The Morgan fingerprint density at radius 1 is 1.41 bits per heavy atom. The summed E-state index contributed by atoms with van der Waals surface area (Å²) in [6.45, 7) is 8.17. The zero-order valence-corrected chi connectivity index (χ0v) is 10.7. The molecule has 1 amide bonds. The second-order valence-corrected chi connectivity index (χ2v) is 6.13. The number of amides is 1. The molecule has 17 heavy (non-hydrogen) atoms. The summed E-state index contributed by atoms with van der Waals surface area (Å²) in [5, 5.41) is 3.44. The second kappa shape index (κ2) is 3.95. The fourth-order valence-electron chi connectivity index (χ4n) is 3.74. The lowest BCUT2D eigenvalue weighted by Crippen LogP contribution is -2.51. The van der Waals surface area contributed by atoms with Gasteiger partial charge in [-0.3, -0.25) is 4.79 Å². The predicted molar refractivity (Wildman–Crippen MR) is 64.6 cm³/mol. The van der Waals surface area contributed by atoms with Gasteiger partial charge in [0, 0.05) is 31.8 Å². The van der Waals surface area contributed by atoms with E-state index < -0.39 is 0 Å². The van der Waals surface area contributed by atoms with Crippen molar-refractivity contribution in [2.24, 2.45) is 11.8 Å². The van der Waals surface area contributed by atoms with Crippen molar-refractivity contribution in [3.05, 3.63) is 0 Å². The van der Waals surface area contributed by atoms with E-state index in [2.05, 4.69) is 24.1 Å². The molecule has 4 heteroatoms. The number of nitrogens with zero attached hydrogens (tertiary/aromatic N) is 1. The van der Waals surface area contributed by atoms with Crippen molar-refractivity contribution in [3.8, 4) is 0 Å². The summed E-state index contributed by atoms with van der Waals surface area (Å²) in [6, 6.07) is 0. The van der Waals surface area contributed by atoms with E-state index in [1.54, 1.807) is 0 Å². The van der Waals surface area contributed by atoms with Crippen LogP contribution in [0.2, 0.25) is 0 Å². The lowest BCUT2D eigenvalue weighted by molar-refractivity contribution is -0.145. The Kier molecular flexibility index (Phi) is 2.67. The molecule has 0 aliphatic carbocycles. The summed E-state index contributed by atoms with van der Waals surface area (Å²) in [5.74, 6) is 1.46. The first-order valence-electron chi connectivity index (χ1n) is 6.74. The molecule has 0 radical (unpaired) electrons. The summed E-state index contributed by atoms with van der Waals surface area (Å²) in [6.07, 6.45) is 1.76. The van der Waals surface area contributed by atoms with Crippen LogP contribution < -0.4 is 5.32 Å². The van der Waals surface area contributed by atoms with Crippen LogP contribution in [0.5, 0.6) is 0 Å². The van der Waals surface area contributed by atoms with Gasteiger partial charge in [0.15, 0.2) is 0 Å². The monoisotopic (exact) mass is 238 g/mol. The standard InChI is InChI=1S/C13H22N2O2/c1-13(2)10-7-14-6-9(10)8-15(13)12(16)11-4-3-5-17-11/h9-11,14H,3-8H2,1-2H3. The number of carbonyl (C=O) groups excluding carboxylic acids is 1. The maximum atomic E-state index is 12.5. The van der Waals surface area contributed by atoms with Crippen molar-refractivity contribution in [1.82, 2.24) is 10.2 Å². The van der Waals surface area contributed by atoms with Crippen molar-refractivity contribution < 1.29 is 9.53 Å². The SMILES string of the molecule is CC1(C)C2CNCC2CN1C(=O)C1CCCO1. The third kappa shape index (κ3) is 1.69. The summed E-state index contributed by atoms with van der Waals surface area (Å²) in [4.78, 5) is 14.6. The van der Waals surface area contributed by atoms with Gasteiger partial charge in [-0.1, -0.05) is 0 Å². The Bertz CT molecular complexity index is 323. The molecule has 0 spiro atoms. The number of ether oxygens (including phenoxy) is 1. The van der Waals surface area contributed by atoms with Gasteiger partial charge >= 0.3 is 0 Å². The third-order valence-electron chi connectivity index (χ3n) is 4.83. The number of nitrogens with one attached hydrogen (secondary N) is 1. The average Bonchev–Trinajstić information content (AvgIpc) is 2.97. The Labute approximate surface area is 103 Å². The molecular weight excluding hydrogens is 216 g/mol. The minimum Gasteiger partial charge on any atom is -0.368 e. The highest BCUT2D eigenvalue weighted by atomic mass is 16.5. The Morgan fingerprint density at radius 3 is 2.88 bits per heavy atom. The zero-order chi connectivity index (χ0) is 12.0. The first-order valence-corrected chi connectivity index (χ1v) is 6.74. The van der Waals surface area contributed by atoms with Crippen LogP contribution in [-0.2, 0) is 9.53 Å². The van der Waals surface area contributed by atoms with Crippen molar-refractivity contribution >= 4 is 5.91 Å². The van der Waals surface area contributed by atoms with Crippen LogP contribution in [0.1, 0.15) is 26.7 Å². The molecule has 1 N–H and O–H groups in total. The summed E-state index contributed by atoms with van der Waals surface area (Å²) >= 11 is 0. The van der Waals surface area contributed by atoms with Gasteiger partial charge in [0.05, 0.1) is 0 Å². The van der Waals surface area contributed by atoms with Gasteiger partial charge in [0.1, 0.15) is 6.10 Å².